The van der Waals surface area contributed by atoms with Gasteiger partial charge in [-0.05, 0) is 40.0 Å². The molecule has 1 aromatic rings. The summed E-state index contributed by atoms with van der Waals surface area (Å²) in [5, 5.41) is 4.46. The maximum Gasteiger partial charge on any atom is 0.136 e. The summed E-state index contributed by atoms with van der Waals surface area (Å²) >= 11 is 0. The van der Waals surface area contributed by atoms with E-state index in [2.05, 4.69) is 18.9 Å². The van der Waals surface area contributed by atoms with Crippen molar-refractivity contribution in [1.29, 1.82) is 0 Å². The van der Waals surface area contributed by atoms with Crippen LogP contribution in [0, 0.1) is 0 Å². The Balaban J connectivity index is 2.60. The van der Waals surface area contributed by atoms with Gasteiger partial charge in [0.1, 0.15) is 5.67 Å². The molecular formula is C12H20FN3. The lowest BCUT2D eigenvalue weighted by Crippen LogP contribution is -2.24. The van der Waals surface area contributed by atoms with Gasteiger partial charge in [-0.15, -0.1) is 0 Å². The average molecular weight is 225 g/mol. The number of aromatic nitrogens is 2. The monoisotopic (exact) mass is 225 g/mol. The normalized spacial score (nSPS) is 24.9. The molecular weight excluding hydrogens is 205 g/mol. The highest BCUT2D eigenvalue weighted by Crippen LogP contribution is 2.40. The molecule has 0 radical (unpaired) electrons. The fourth-order valence-electron chi connectivity index (χ4n) is 2.65. The van der Waals surface area contributed by atoms with Crippen molar-refractivity contribution in [2.24, 2.45) is 5.73 Å². The molecule has 2 N–H and O–H groups in total. The van der Waals surface area contributed by atoms with Crippen molar-refractivity contribution in [3.8, 4) is 0 Å². The smallest absolute Gasteiger partial charge is 0.136 e. The number of halogens is 1. The molecule has 1 heterocycles. The number of nitrogens with zero attached hydrogens (tertiary/aromatic N) is 2. The summed E-state index contributed by atoms with van der Waals surface area (Å²) in [6.45, 7) is 6.10. The second-order valence-electron chi connectivity index (χ2n) is 5.06. The quantitative estimate of drug-likeness (QED) is 0.840. The SMILES string of the molecule is CC(C)n1nc(CN)c2c1CCCC2(C)F. The van der Waals surface area contributed by atoms with E-state index >= 15 is 0 Å². The highest BCUT2D eigenvalue weighted by Gasteiger charge is 2.37. The highest BCUT2D eigenvalue weighted by atomic mass is 19.1. The van der Waals surface area contributed by atoms with Gasteiger partial charge in [0.2, 0.25) is 0 Å². The molecule has 4 heteroatoms. The largest absolute Gasteiger partial charge is 0.325 e. The number of rotatable bonds is 2. The summed E-state index contributed by atoms with van der Waals surface area (Å²) in [6.07, 6.45) is 2.39. The standard InChI is InChI=1S/C12H20FN3/c1-8(2)16-10-5-4-6-12(3,13)11(10)9(7-14)15-16/h8H,4-7,14H2,1-3H3. The van der Waals surface area contributed by atoms with E-state index in [1.165, 1.54) is 0 Å². The van der Waals surface area contributed by atoms with E-state index in [1.54, 1.807) is 6.92 Å². The number of fused-ring (bicyclic) bond motifs is 1. The summed E-state index contributed by atoms with van der Waals surface area (Å²) in [7, 11) is 0. The molecule has 0 amide bonds. The minimum Gasteiger partial charge on any atom is -0.325 e. The van der Waals surface area contributed by atoms with Crippen LogP contribution in [0.2, 0.25) is 0 Å². The number of nitrogens with two attached hydrogens (primary N) is 1. The van der Waals surface area contributed by atoms with Gasteiger partial charge in [-0.3, -0.25) is 4.68 Å². The Kier molecular flexibility index (Phi) is 2.78. The fourth-order valence-corrected chi connectivity index (χ4v) is 2.65. The van der Waals surface area contributed by atoms with Gasteiger partial charge >= 0.3 is 0 Å². The van der Waals surface area contributed by atoms with Crippen LogP contribution in [0.5, 0.6) is 0 Å². The van der Waals surface area contributed by atoms with Gasteiger partial charge in [0.15, 0.2) is 0 Å². The topological polar surface area (TPSA) is 43.8 Å². The molecule has 0 aromatic carbocycles. The van der Waals surface area contributed by atoms with Crippen LogP contribution in [0.1, 0.15) is 56.6 Å². The Labute approximate surface area is 95.8 Å². The summed E-state index contributed by atoms with van der Waals surface area (Å²) < 4.78 is 16.4. The van der Waals surface area contributed by atoms with E-state index in [1.807, 2.05) is 4.68 Å². The summed E-state index contributed by atoms with van der Waals surface area (Å²) in [4.78, 5) is 0. The number of hydrogen-bond donors (Lipinski definition) is 1. The Morgan fingerprint density at radius 3 is 2.81 bits per heavy atom. The lowest BCUT2D eigenvalue weighted by molar-refractivity contribution is 0.159. The van der Waals surface area contributed by atoms with Gasteiger partial charge in [-0.1, -0.05) is 0 Å². The molecule has 1 aromatic heterocycles. The van der Waals surface area contributed by atoms with E-state index in [0.29, 0.717) is 13.0 Å². The third kappa shape index (κ3) is 1.65. The van der Waals surface area contributed by atoms with Crippen LogP contribution < -0.4 is 5.73 Å². The van der Waals surface area contributed by atoms with Gasteiger partial charge < -0.3 is 5.73 Å². The van der Waals surface area contributed by atoms with Crippen molar-refractivity contribution in [3.05, 3.63) is 17.0 Å². The third-order valence-electron chi connectivity index (χ3n) is 3.35. The number of alkyl halides is 1. The van der Waals surface area contributed by atoms with Crippen molar-refractivity contribution >= 4 is 0 Å². The molecule has 0 saturated carbocycles. The molecule has 1 aliphatic carbocycles. The molecule has 16 heavy (non-hydrogen) atoms. The minimum atomic E-state index is -1.25. The predicted molar refractivity (Wildman–Crippen MR) is 61.9 cm³/mol. The number of hydrogen-bond acceptors (Lipinski definition) is 2. The van der Waals surface area contributed by atoms with Crippen molar-refractivity contribution in [1.82, 2.24) is 9.78 Å². The molecule has 0 fully saturated rings. The zero-order valence-electron chi connectivity index (χ0n) is 10.3. The Bertz CT molecular complexity index is 393. The molecule has 1 unspecified atom stereocenters. The van der Waals surface area contributed by atoms with E-state index in [9.17, 15) is 4.39 Å². The molecule has 90 valence electrons. The van der Waals surface area contributed by atoms with E-state index in [4.69, 9.17) is 5.73 Å². The summed E-state index contributed by atoms with van der Waals surface area (Å²) in [5.41, 5.74) is 6.95. The Morgan fingerprint density at radius 2 is 2.25 bits per heavy atom. The van der Waals surface area contributed by atoms with Crippen molar-refractivity contribution in [3.63, 3.8) is 0 Å². The molecule has 3 nitrogen and oxygen atoms in total. The van der Waals surface area contributed by atoms with Crippen LogP contribution in [0.4, 0.5) is 4.39 Å². The first kappa shape index (κ1) is 11.6. The maximum absolute atomic E-state index is 14.5. The lowest BCUT2D eigenvalue weighted by Gasteiger charge is -2.27. The first-order valence-corrected chi connectivity index (χ1v) is 5.97. The van der Waals surface area contributed by atoms with E-state index in [0.717, 1.165) is 29.8 Å². The summed E-state index contributed by atoms with van der Waals surface area (Å²) in [5.74, 6) is 0. The first-order chi connectivity index (χ1) is 7.47. The van der Waals surface area contributed by atoms with Gasteiger partial charge in [-0.2, -0.15) is 5.10 Å². The first-order valence-electron chi connectivity index (χ1n) is 5.97. The highest BCUT2D eigenvalue weighted by molar-refractivity contribution is 5.34. The zero-order chi connectivity index (χ0) is 11.9. The van der Waals surface area contributed by atoms with Gasteiger partial charge in [0.25, 0.3) is 0 Å². The van der Waals surface area contributed by atoms with Crippen molar-refractivity contribution in [2.75, 3.05) is 0 Å². The van der Waals surface area contributed by atoms with E-state index < -0.39 is 5.67 Å². The molecule has 0 aliphatic heterocycles. The van der Waals surface area contributed by atoms with Crippen LogP contribution in [-0.4, -0.2) is 9.78 Å². The second kappa shape index (κ2) is 3.84. The third-order valence-corrected chi connectivity index (χ3v) is 3.35. The van der Waals surface area contributed by atoms with Crippen LogP contribution in [0.25, 0.3) is 0 Å². The van der Waals surface area contributed by atoms with Crippen molar-refractivity contribution < 1.29 is 4.39 Å². The van der Waals surface area contributed by atoms with Crippen molar-refractivity contribution in [2.45, 2.75) is 58.3 Å². The maximum atomic E-state index is 14.5. The average Bonchev–Trinajstić information content (AvgIpc) is 2.57. The van der Waals surface area contributed by atoms with Gasteiger partial charge in [0.05, 0.1) is 5.69 Å². The van der Waals surface area contributed by atoms with Gasteiger partial charge in [-0.25, -0.2) is 4.39 Å². The van der Waals surface area contributed by atoms with Gasteiger partial charge in [0, 0.05) is 23.8 Å². The fraction of sp³-hybridized carbons (Fsp3) is 0.750. The molecule has 1 atom stereocenters. The zero-order valence-corrected chi connectivity index (χ0v) is 10.3. The Hall–Kier alpha value is -0.900. The second-order valence-corrected chi connectivity index (χ2v) is 5.06. The molecule has 0 spiro atoms. The molecule has 1 aliphatic rings. The predicted octanol–water partition coefficient (Wildman–Crippen LogP) is 2.44. The van der Waals surface area contributed by atoms with Crippen LogP contribution >= 0.6 is 0 Å². The van der Waals surface area contributed by atoms with Crippen LogP contribution in [0.15, 0.2) is 0 Å². The Morgan fingerprint density at radius 1 is 1.56 bits per heavy atom. The van der Waals surface area contributed by atoms with Crippen LogP contribution in [0.3, 0.4) is 0 Å². The molecule has 2 rings (SSSR count). The molecule has 0 bridgehead atoms. The molecule has 0 saturated heterocycles. The van der Waals surface area contributed by atoms with E-state index in [-0.39, 0.29) is 6.04 Å². The minimum absolute atomic E-state index is 0.267. The van der Waals surface area contributed by atoms with Crippen LogP contribution in [-0.2, 0) is 18.6 Å². The summed E-state index contributed by atoms with van der Waals surface area (Å²) in [6, 6.07) is 0.267. The lowest BCUT2D eigenvalue weighted by atomic mass is 9.84.